The average molecular weight is 357 g/mol. The van der Waals surface area contributed by atoms with E-state index in [2.05, 4.69) is 31.1 Å². The monoisotopic (exact) mass is 357 g/mol. The molecule has 0 atom stereocenters. The van der Waals surface area contributed by atoms with Crippen LogP contribution < -0.4 is 5.32 Å². The Kier molecular flexibility index (Phi) is 6.18. The van der Waals surface area contributed by atoms with Gasteiger partial charge in [-0.2, -0.15) is 0 Å². The molecular formula is C20H27N3O3. The van der Waals surface area contributed by atoms with Gasteiger partial charge in [-0.25, -0.2) is 4.98 Å². The first-order valence-corrected chi connectivity index (χ1v) is 8.88. The molecule has 2 aromatic rings. The summed E-state index contributed by atoms with van der Waals surface area (Å²) in [6.45, 7) is 11.4. The SMILES string of the molecule is CCNC(=O)c1coc(CN(CC)C(=O)c2ccc(C(C)(C)C)cc2)n1. The van der Waals surface area contributed by atoms with Crippen LogP contribution in [0.15, 0.2) is 34.9 Å². The van der Waals surface area contributed by atoms with Gasteiger partial charge in [0, 0.05) is 18.7 Å². The molecule has 6 heteroatoms. The number of oxazole rings is 1. The third-order valence-corrected chi connectivity index (χ3v) is 4.11. The molecule has 6 nitrogen and oxygen atoms in total. The van der Waals surface area contributed by atoms with Crippen molar-refractivity contribution in [3.05, 3.63) is 53.2 Å². The summed E-state index contributed by atoms with van der Waals surface area (Å²) in [6, 6.07) is 7.67. The van der Waals surface area contributed by atoms with Crippen LogP contribution in [0.2, 0.25) is 0 Å². The van der Waals surface area contributed by atoms with Gasteiger partial charge in [0.1, 0.15) is 6.26 Å². The summed E-state index contributed by atoms with van der Waals surface area (Å²) in [5.74, 6) is -0.0341. The van der Waals surface area contributed by atoms with E-state index >= 15 is 0 Å². The number of hydrogen-bond donors (Lipinski definition) is 1. The highest BCUT2D eigenvalue weighted by Gasteiger charge is 2.20. The van der Waals surface area contributed by atoms with Crippen LogP contribution in [0, 0.1) is 0 Å². The summed E-state index contributed by atoms with van der Waals surface area (Å²) in [5.41, 5.74) is 2.06. The molecule has 0 spiro atoms. The minimum absolute atomic E-state index is 0.0412. The van der Waals surface area contributed by atoms with Gasteiger partial charge in [-0.1, -0.05) is 32.9 Å². The molecule has 0 bridgehead atoms. The fourth-order valence-corrected chi connectivity index (χ4v) is 2.52. The van der Waals surface area contributed by atoms with E-state index in [0.29, 0.717) is 24.5 Å². The highest BCUT2D eigenvalue weighted by Crippen LogP contribution is 2.22. The number of carbonyl (C=O) groups is 2. The lowest BCUT2D eigenvalue weighted by atomic mass is 9.86. The zero-order valence-corrected chi connectivity index (χ0v) is 16.1. The second-order valence-electron chi connectivity index (χ2n) is 7.13. The average Bonchev–Trinajstić information content (AvgIpc) is 3.07. The number of carbonyl (C=O) groups excluding carboxylic acids is 2. The van der Waals surface area contributed by atoms with Gasteiger partial charge >= 0.3 is 0 Å². The van der Waals surface area contributed by atoms with E-state index in [4.69, 9.17) is 4.42 Å². The molecule has 0 aliphatic rings. The molecule has 0 aliphatic heterocycles. The largest absolute Gasteiger partial charge is 0.446 e. The molecule has 0 aliphatic carbocycles. The van der Waals surface area contributed by atoms with Gasteiger partial charge in [-0.05, 0) is 37.0 Å². The number of amides is 2. The van der Waals surface area contributed by atoms with Crippen molar-refractivity contribution in [1.82, 2.24) is 15.2 Å². The summed E-state index contributed by atoms with van der Waals surface area (Å²) < 4.78 is 5.35. The van der Waals surface area contributed by atoms with E-state index in [1.165, 1.54) is 11.8 Å². The predicted octanol–water partition coefficient (Wildman–Crippen LogP) is 3.38. The Morgan fingerprint density at radius 3 is 2.35 bits per heavy atom. The minimum Gasteiger partial charge on any atom is -0.446 e. The summed E-state index contributed by atoms with van der Waals surface area (Å²) in [4.78, 5) is 30.3. The molecule has 1 aromatic heterocycles. The summed E-state index contributed by atoms with van der Waals surface area (Å²) in [6.07, 6.45) is 1.32. The lowest BCUT2D eigenvalue weighted by molar-refractivity contribution is 0.0738. The van der Waals surface area contributed by atoms with Crippen molar-refractivity contribution in [2.24, 2.45) is 0 Å². The van der Waals surface area contributed by atoms with Gasteiger partial charge in [0.25, 0.3) is 11.8 Å². The molecule has 0 saturated heterocycles. The van der Waals surface area contributed by atoms with Crippen LogP contribution in [0.5, 0.6) is 0 Å². The molecule has 26 heavy (non-hydrogen) atoms. The molecule has 1 N–H and O–H groups in total. The molecule has 0 radical (unpaired) electrons. The second kappa shape index (κ2) is 8.17. The minimum atomic E-state index is -0.283. The Labute approximate surface area is 154 Å². The number of rotatable bonds is 6. The van der Waals surface area contributed by atoms with Crippen LogP contribution >= 0.6 is 0 Å². The number of nitrogens with one attached hydrogen (secondary N) is 1. The van der Waals surface area contributed by atoms with Crippen molar-refractivity contribution >= 4 is 11.8 Å². The molecule has 2 amide bonds. The van der Waals surface area contributed by atoms with Crippen molar-refractivity contribution in [3.8, 4) is 0 Å². The molecule has 0 fully saturated rings. The van der Waals surface area contributed by atoms with E-state index in [-0.39, 0.29) is 29.5 Å². The highest BCUT2D eigenvalue weighted by molar-refractivity contribution is 5.94. The lowest BCUT2D eigenvalue weighted by Crippen LogP contribution is -2.30. The molecule has 140 valence electrons. The van der Waals surface area contributed by atoms with Gasteiger partial charge in [-0.15, -0.1) is 0 Å². The maximum atomic E-state index is 12.8. The number of aromatic nitrogens is 1. The van der Waals surface area contributed by atoms with Crippen LogP contribution in [0.1, 0.15) is 66.9 Å². The lowest BCUT2D eigenvalue weighted by Gasteiger charge is -2.21. The van der Waals surface area contributed by atoms with E-state index in [0.717, 1.165) is 0 Å². The van der Waals surface area contributed by atoms with Gasteiger partial charge in [0.2, 0.25) is 5.89 Å². The molecule has 0 saturated carbocycles. The smallest absolute Gasteiger partial charge is 0.273 e. The predicted molar refractivity (Wildman–Crippen MR) is 100 cm³/mol. The van der Waals surface area contributed by atoms with Gasteiger partial charge in [0.05, 0.1) is 6.54 Å². The Hall–Kier alpha value is -2.63. The van der Waals surface area contributed by atoms with E-state index in [1.54, 1.807) is 4.90 Å². The zero-order chi connectivity index (χ0) is 19.3. The second-order valence-corrected chi connectivity index (χ2v) is 7.13. The maximum Gasteiger partial charge on any atom is 0.273 e. The maximum absolute atomic E-state index is 12.8. The van der Waals surface area contributed by atoms with Crippen LogP contribution in [0.4, 0.5) is 0 Å². The quantitative estimate of drug-likeness (QED) is 0.860. The van der Waals surface area contributed by atoms with Crippen LogP contribution in [0.25, 0.3) is 0 Å². The summed E-state index contributed by atoms with van der Waals surface area (Å²) in [7, 11) is 0. The fourth-order valence-electron chi connectivity index (χ4n) is 2.52. The van der Waals surface area contributed by atoms with Crippen molar-refractivity contribution in [2.75, 3.05) is 13.1 Å². The zero-order valence-electron chi connectivity index (χ0n) is 16.1. The fraction of sp³-hybridized carbons (Fsp3) is 0.450. The third-order valence-electron chi connectivity index (χ3n) is 4.11. The van der Waals surface area contributed by atoms with E-state index in [9.17, 15) is 9.59 Å². The topological polar surface area (TPSA) is 75.4 Å². The Bertz CT molecular complexity index is 757. The van der Waals surface area contributed by atoms with Gasteiger partial charge in [-0.3, -0.25) is 9.59 Å². The van der Waals surface area contributed by atoms with Crippen molar-refractivity contribution in [3.63, 3.8) is 0 Å². The van der Waals surface area contributed by atoms with Crippen LogP contribution in [-0.4, -0.2) is 34.8 Å². The van der Waals surface area contributed by atoms with Crippen molar-refractivity contribution < 1.29 is 14.0 Å². The molecule has 2 rings (SSSR count). The number of nitrogens with zero attached hydrogens (tertiary/aromatic N) is 2. The molecule has 1 aromatic carbocycles. The van der Waals surface area contributed by atoms with Crippen molar-refractivity contribution in [1.29, 1.82) is 0 Å². The first-order valence-electron chi connectivity index (χ1n) is 8.88. The van der Waals surface area contributed by atoms with Gasteiger partial charge < -0.3 is 14.6 Å². The first kappa shape index (κ1) is 19.7. The van der Waals surface area contributed by atoms with Crippen LogP contribution in [-0.2, 0) is 12.0 Å². The summed E-state index contributed by atoms with van der Waals surface area (Å²) >= 11 is 0. The normalized spacial score (nSPS) is 11.3. The Balaban J connectivity index is 2.10. The van der Waals surface area contributed by atoms with Crippen molar-refractivity contribution in [2.45, 2.75) is 46.6 Å². The van der Waals surface area contributed by atoms with Gasteiger partial charge in [0.15, 0.2) is 5.69 Å². The highest BCUT2D eigenvalue weighted by atomic mass is 16.3. The van der Waals surface area contributed by atoms with Crippen LogP contribution in [0.3, 0.4) is 0 Å². The molecule has 0 unspecified atom stereocenters. The van der Waals surface area contributed by atoms with E-state index < -0.39 is 0 Å². The Morgan fingerprint density at radius 2 is 1.81 bits per heavy atom. The van der Waals surface area contributed by atoms with E-state index in [1.807, 2.05) is 38.1 Å². The number of hydrogen-bond acceptors (Lipinski definition) is 4. The number of benzene rings is 1. The standard InChI is InChI=1S/C20H27N3O3/c1-6-21-18(24)16-13-26-17(22-16)12-23(7-2)19(25)14-8-10-15(11-9-14)20(3,4)5/h8-11,13H,6-7,12H2,1-5H3,(H,21,24). The first-order chi connectivity index (χ1) is 12.3. The Morgan fingerprint density at radius 1 is 1.15 bits per heavy atom. The molecular weight excluding hydrogens is 330 g/mol. The summed E-state index contributed by atoms with van der Waals surface area (Å²) in [5, 5.41) is 2.67. The molecule has 1 heterocycles. The third kappa shape index (κ3) is 4.71.